The quantitative estimate of drug-likeness (QED) is 0.708. The molecule has 0 heterocycles. The van der Waals surface area contributed by atoms with Gasteiger partial charge in [-0.15, -0.1) is 0 Å². The van der Waals surface area contributed by atoms with Gasteiger partial charge < -0.3 is 15.4 Å². The Morgan fingerprint density at radius 3 is 2.41 bits per heavy atom. The maximum absolute atomic E-state index is 6.02. The summed E-state index contributed by atoms with van der Waals surface area (Å²) in [5, 5.41) is 0. The van der Waals surface area contributed by atoms with Crippen LogP contribution in [0.5, 0.6) is 0 Å². The third kappa shape index (κ3) is 4.94. The van der Waals surface area contributed by atoms with E-state index >= 15 is 0 Å². The lowest BCUT2D eigenvalue weighted by Gasteiger charge is -2.35. The van der Waals surface area contributed by atoms with Gasteiger partial charge in [0.05, 0.1) is 6.61 Å². The molecule has 0 aromatic carbocycles. The van der Waals surface area contributed by atoms with Crippen LogP contribution in [0.4, 0.5) is 0 Å². The lowest BCUT2D eigenvalue weighted by atomic mass is 9.85. The van der Waals surface area contributed by atoms with Crippen LogP contribution in [0.3, 0.4) is 0 Å². The molecule has 1 rings (SSSR count). The van der Waals surface area contributed by atoms with Crippen molar-refractivity contribution in [1.29, 1.82) is 0 Å². The van der Waals surface area contributed by atoms with Gasteiger partial charge in [-0.25, -0.2) is 0 Å². The monoisotopic (exact) mass is 242 g/mol. The number of methoxy groups -OCH3 is 1. The zero-order valence-electron chi connectivity index (χ0n) is 11.9. The molecule has 0 atom stereocenters. The molecular formula is C14H30N2O. The molecule has 0 saturated heterocycles. The van der Waals surface area contributed by atoms with Crippen LogP contribution in [0.15, 0.2) is 0 Å². The SMILES string of the molecule is COCCN(CC(C)C)CC1(CN)CCCC1. The molecule has 2 N–H and O–H groups in total. The topological polar surface area (TPSA) is 38.5 Å². The first-order chi connectivity index (χ1) is 8.12. The predicted octanol–water partition coefficient (Wildman–Crippen LogP) is 2.11. The summed E-state index contributed by atoms with van der Waals surface area (Å²) in [4.78, 5) is 2.55. The van der Waals surface area contributed by atoms with Crippen molar-refractivity contribution in [3.63, 3.8) is 0 Å². The molecule has 0 aromatic rings. The molecule has 1 fully saturated rings. The molecular weight excluding hydrogens is 212 g/mol. The Morgan fingerprint density at radius 2 is 1.94 bits per heavy atom. The van der Waals surface area contributed by atoms with Gasteiger partial charge in [0, 0.05) is 26.7 Å². The largest absolute Gasteiger partial charge is 0.383 e. The standard InChI is InChI=1S/C14H30N2O/c1-13(2)10-16(8-9-17-3)12-14(11-15)6-4-5-7-14/h13H,4-12,15H2,1-3H3. The van der Waals surface area contributed by atoms with E-state index in [2.05, 4.69) is 18.7 Å². The van der Waals surface area contributed by atoms with E-state index in [1.807, 2.05) is 0 Å². The Morgan fingerprint density at radius 1 is 1.29 bits per heavy atom. The zero-order valence-corrected chi connectivity index (χ0v) is 11.9. The summed E-state index contributed by atoms with van der Waals surface area (Å²) in [6, 6.07) is 0. The van der Waals surface area contributed by atoms with E-state index in [4.69, 9.17) is 10.5 Å². The van der Waals surface area contributed by atoms with Gasteiger partial charge in [-0.1, -0.05) is 26.7 Å². The molecule has 1 saturated carbocycles. The average molecular weight is 242 g/mol. The third-order valence-corrected chi connectivity index (χ3v) is 3.89. The highest BCUT2D eigenvalue weighted by molar-refractivity contribution is 4.88. The first-order valence-corrected chi connectivity index (χ1v) is 7.03. The predicted molar refractivity (Wildman–Crippen MR) is 73.1 cm³/mol. The Kier molecular flexibility index (Phi) is 6.45. The highest BCUT2D eigenvalue weighted by atomic mass is 16.5. The summed E-state index contributed by atoms with van der Waals surface area (Å²) in [5.41, 5.74) is 6.41. The first-order valence-electron chi connectivity index (χ1n) is 7.03. The number of nitrogens with two attached hydrogens (primary N) is 1. The Hall–Kier alpha value is -0.120. The fraction of sp³-hybridized carbons (Fsp3) is 1.00. The van der Waals surface area contributed by atoms with Crippen molar-refractivity contribution in [2.24, 2.45) is 17.1 Å². The van der Waals surface area contributed by atoms with Gasteiger partial charge in [0.2, 0.25) is 0 Å². The van der Waals surface area contributed by atoms with Crippen LogP contribution in [0, 0.1) is 11.3 Å². The van der Waals surface area contributed by atoms with Crippen LogP contribution in [0.1, 0.15) is 39.5 Å². The molecule has 3 nitrogen and oxygen atoms in total. The molecule has 0 amide bonds. The molecule has 102 valence electrons. The van der Waals surface area contributed by atoms with E-state index in [1.54, 1.807) is 7.11 Å². The highest BCUT2D eigenvalue weighted by Gasteiger charge is 2.34. The minimum Gasteiger partial charge on any atom is -0.383 e. The van der Waals surface area contributed by atoms with Crippen LogP contribution in [-0.4, -0.2) is 44.8 Å². The smallest absolute Gasteiger partial charge is 0.0589 e. The number of hydrogen-bond acceptors (Lipinski definition) is 3. The number of ether oxygens (including phenoxy) is 1. The minimum absolute atomic E-state index is 0.391. The van der Waals surface area contributed by atoms with Crippen LogP contribution in [0.25, 0.3) is 0 Å². The first kappa shape index (κ1) is 14.9. The van der Waals surface area contributed by atoms with E-state index < -0.39 is 0 Å². The lowest BCUT2D eigenvalue weighted by Crippen LogP contribution is -2.43. The van der Waals surface area contributed by atoms with E-state index in [0.29, 0.717) is 11.3 Å². The normalized spacial score (nSPS) is 19.4. The van der Waals surface area contributed by atoms with Crippen molar-refractivity contribution in [3.8, 4) is 0 Å². The molecule has 0 spiro atoms. The molecule has 0 aromatic heterocycles. The van der Waals surface area contributed by atoms with Gasteiger partial charge >= 0.3 is 0 Å². The minimum atomic E-state index is 0.391. The number of hydrogen-bond donors (Lipinski definition) is 1. The number of rotatable bonds is 8. The molecule has 17 heavy (non-hydrogen) atoms. The van der Waals surface area contributed by atoms with Crippen LogP contribution < -0.4 is 5.73 Å². The van der Waals surface area contributed by atoms with Gasteiger partial charge in [0.15, 0.2) is 0 Å². The van der Waals surface area contributed by atoms with Gasteiger partial charge in [-0.3, -0.25) is 0 Å². The zero-order chi connectivity index (χ0) is 12.7. The van der Waals surface area contributed by atoms with Gasteiger partial charge in [-0.2, -0.15) is 0 Å². The van der Waals surface area contributed by atoms with Gasteiger partial charge in [-0.05, 0) is 30.7 Å². The third-order valence-electron chi connectivity index (χ3n) is 3.89. The van der Waals surface area contributed by atoms with E-state index in [-0.39, 0.29) is 0 Å². The molecule has 3 heteroatoms. The Labute approximate surface area is 107 Å². The van der Waals surface area contributed by atoms with E-state index in [1.165, 1.54) is 25.7 Å². The molecule has 0 radical (unpaired) electrons. The Bertz CT molecular complexity index is 200. The second-order valence-corrected chi connectivity index (χ2v) is 6.03. The van der Waals surface area contributed by atoms with Gasteiger partial charge in [0.1, 0.15) is 0 Å². The molecule has 0 bridgehead atoms. The summed E-state index contributed by atoms with van der Waals surface area (Å²) < 4.78 is 5.21. The molecule has 1 aliphatic carbocycles. The fourth-order valence-electron chi connectivity index (χ4n) is 3.00. The summed E-state index contributed by atoms with van der Waals surface area (Å²) in [6.45, 7) is 9.58. The summed E-state index contributed by atoms with van der Waals surface area (Å²) >= 11 is 0. The van der Waals surface area contributed by atoms with Crippen molar-refractivity contribution < 1.29 is 4.74 Å². The van der Waals surface area contributed by atoms with Gasteiger partial charge in [0.25, 0.3) is 0 Å². The van der Waals surface area contributed by atoms with Crippen molar-refractivity contribution >= 4 is 0 Å². The van der Waals surface area contributed by atoms with Crippen molar-refractivity contribution in [3.05, 3.63) is 0 Å². The fourth-order valence-corrected chi connectivity index (χ4v) is 3.00. The van der Waals surface area contributed by atoms with Crippen molar-refractivity contribution in [2.75, 3.05) is 39.9 Å². The summed E-state index contributed by atoms with van der Waals surface area (Å²) in [6.07, 6.45) is 5.34. The van der Waals surface area contributed by atoms with Crippen LogP contribution in [-0.2, 0) is 4.74 Å². The molecule has 0 aliphatic heterocycles. The van der Waals surface area contributed by atoms with Crippen LogP contribution >= 0.6 is 0 Å². The summed E-state index contributed by atoms with van der Waals surface area (Å²) in [5.74, 6) is 0.711. The van der Waals surface area contributed by atoms with E-state index in [9.17, 15) is 0 Å². The Balaban J connectivity index is 2.50. The molecule has 0 unspecified atom stereocenters. The summed E-state index contributed by atoms with van der Waals surface area (Å²) in [7, 11) is 1.78. The van der Waals surface area contributed by atoms with Crippen molar-refractivity contribution in [1.82, 2.24) is 4.90 Å². The molecule has 1 aliphatic rings. The number of nitrogens with zero attached hydrogens (tertiary/aromatic N) is 1. The van der Waals surface area contributed by atoms with Crippen molar-refractivity contribution in [2.45, 2.75) is 39.5 Å². The second kappa shape index (κ2) is 7.34. The van der Waals surface area contributed by atoms with E-state index in [0.717, 1.165) is 32.8 Å². The maximum Gasteiger partial charge on any atom is 0.0589 e. The lowest BCUT2D eigenvalue weighted by molar-refractivity contribution is 0.101. The van der Waals surface area contributed by atoms with Crippen LogP contribution in [0.2, 0.25) is 0 Å². The highest BCUT2D eigenvalue weighted by Crippen LogP contribution is 2.37. The maximum atomic E-state index is 6.02. The average Bonchev–Trinajstić information content (AvgIpc) is 2.74. The second-order valence-electron chi connectivity index (χ2n) is 6.03.